The van der Waals surface area contributed by atoms with Crippen LogP contribution in [-0.2, 0) is 22.7 Å². The van der Waals surface area contributed by atoms with Crippen molar-refractivity contribution >= 4 is 0 Å². The van der Waals surface area contributed by atoms with E-state index >= 15 is 0 Å². The van der Waals surface area contributed by atoms with Gasteiger partial charge in [-0.1, -0.05) is 73.7 Å². The third kappa shape index (κ3) is 7.25. The quantitative estimate of drug-likeness (QED) is 0.353. The van der Waals surface area contributed by atoms with Gasteiger partial charge in [-0.3, -0.25) is 0 Å². The number of allylic oxidation sites excluding steroid dienone is 1. The molecule has 2 nitrogen and oxygen atoms in total. The Balaban J connectivity index is 1.93. The molecule has 134 valence electrons. The second-order valence-corrected chi connectivity index (χ2v) is 6.30. The summed E-state index contributed by atoms with van der Waals surface area (Å²) in [5.74, 6) is 0. The molecule has 0 fully saturated rings. The summed E-state index contributed by atoms with van der Waals surface area (Å²) in [6.45, 7) is 7.25. The fourth-order valence-corrected chi connectivity index (χ4v) is 2.88. The number of hydrogen-bond donors (Lipinski definition) is 0. The molecule has 0 radical (unpaired) electrons. The topological polar surface area (TPSA) is 18.5 Å². The molecule has 0 spiro atoms. The Labute approximate surface area is 152 Å². The molecule has 0 bridgehead atoms. The Morgan fingerprint density at radius 1 is 0.840 bits per heavy atom. The van der Waals surface area contributed by atoms with E-state index in [1.807, 2.05) is 30.3 Å². The Morgan fingerprint density at radius 3 is 1.84 bits per heavy atom. The van der Waals surface area contributed by atoms with Gasteiger partial charge in [0.05, 0.1) is 25.4 Å². The second kappa shape index (κ2) is 11.6. The van der Waals surface area contributed by atoms with Crippen LogP contribution in [0.5, 0.6) is 0 Å². The fourth-order valence-electron chi connectivity index (χ4n) is 2.88. The van der Waals surface area contributed by atoms with Crippen LogP contribution < -0.4 is 0 Å². The average molecular weight is 338 g/mol. The summed E-state index contributed by atoms with van der Waals surface area (Å²) in [5.41, 5.74) is 2.41. The highest BCUT2D eigenvalue weighted by atomic mass is 16.5. The zero-order valence-corrected chi connectivity index (χ0v) is 15.3. The molecule has 0 amide bonds. The van der Waals surface area contributed by atoms with E-state index in [4.69, 9.17) is 9.47 Å². The van der Waals surface area contributed by atoms with Crippen LogP contribution >= 0.6 is 0 Å². The molecule has 0 aliphatic carbocycles. The third-order valence-corrected chi connectivity index (χ3v) is 4.33. The number of hydrogen-bond acceptors (Lipinski definition) is 2. The Kier molecular flexibility index (Phi) is 9.03. The summed E-state index contributed by atoms with van der Waals surface area (Å²) < 4.78 is 12.5. The van der Waals surface area contributed by atoms with Crippen molar-refractivity contribution < 1.29 is 9.47 Å². The number of rotatable bonds is 12. The molecule has 0 saturated heterocycles. The van der Waals surface area contributed by atoms with E-state index in [0.29, 0.717) is 13.2 Å². The predicted octanol–water partition coefficient (Wildman–Crippen LogP) is 5.92. The first-order valence-corrected chi connectivity index (χ1v) is 9.25. The molecule has 0 aliphatic rings. The van der Waals surface area contributed by atoms with Gasteiger partial charge in [0.2, 0.25) is 0 Å². The second-order valence-electron chi connectivity index (χ2n) is 6.30. The van der Waals surface area contributed by atoms with Gasteiger partial charge in [0, 0.05) is 0 Å². The molecule has 0 aromatic heterocycles. The van der Waals surface area contributed by atoms with Gasteiger partial charge in [0.25, 0.3) is 0 Å². The monoisotopic (exact) mass is 338 g/mol. The SMILES string of the molecule is C=CCCC[C@@H](OCc1ccccc1)[C@H](CC)OCc1ccccc1. The van der Waals surface area contributed by atoms with Crippen LogP contribution in [0.4, 0.5) is 0 Å². The van der Waals surface area contributed by atoms with Crippen LogP contribution in [-0.4, -0.2) is 12.2 Å². The summed E-state index contributed by atoms with van der Waals surface area (Å²) in [5, 5.41) is 0. The van der Waals surface area contributed by atoms with Crippen molar-refractivity contribution in [3.05, 3.63) is 84.4 Å². The smallest absolute Gasteiger partial charge is 0.0841 e. The highest BCUT2D eigenvalue weighted by molar-refractivity contribution is 5.14. The number of ether oxygens (including phenoxy) is 2. The van der Waals surface area contributed by atoms with E-state index in [2.05, 4.69) is 49.9 Å². The molecule has 0 saturated carbocycles. The number of benzene rings is 2. The van der Waals surface area contributed by atoms with Gasteiger partial charge in [-0.2, -0.15) is 0 Å². The summed E-state index contributed by atoms with van der Waals surface area (Å²) in [7, 11) is 0. The zero-order chi connectivity index (χ0) is 17.7. The van der Waals surface area contributed by atoms with Crippen LogP contribution in [0.3, 0.4) is 0 Å². The molecular weight excluding hydrogens is 308 g/mol. The predicted molar refractivity (Wildman–Crippen MR) is 104 cm³/mol. The van der Waals surface area contributed by atoms with Crippen molar-refractivity contribution in [2.75, 3.05) is 0 Å². The molecule has 25 heavy (non-hydrogen) atoms. The minimum Gasteiger partial charge on any atom is -0.371 e. The summed E-state index contributed by atoms with van der Waals surface area (Å²) >= 11 is 0. The van der Waals surface area contributed by atoms with E-state index < -0.39 is 0 Å². The molecule has 2 heteroatoms. The summed E-state index contributed by atoms with van der Waals surface area (Å²) in [6, 6.07) is 20.7. The van der Waals surface area contributed by atoms with Gasteiger partial charge in [0.1, 0.15) is 0 Å². The lowest BCUT2D eigenvalue weighted by Gasteiger charge is -2.27. The van der Waals surface area contributed by atoms with Gasteiger partial charge < -0.3 is 9.47 Å². The number of unbranched alkanes of at least 4 members (excludes halogenated alkanes) is 1. The maximum absolute atomic E-state index is 6.26. The van der Waals surface area contributed by atoms with Crippen LogP contribution in [0, 0.1) is 0 Å². The first kappa shape index (κ1) is 19.4. The van der Waals surface area contributed by atoms with Crippen LogP contribution in [0.25, 0.3) is 0 Å². The Morgan fingerprint density at radius 2 is 1.36 bits per heavy atom. The lowest BCUT2D eigenvalue weighted by atomic mass is 10.0. The highest BCUT2D eigenvalue weighted by Gasteiger charge is 2.21. The molecule has 0 heterocycles. The summed E-state index contributed by atoms with van der Waals surface area (Å²) in [6.07, 6.45) is 6.21. The summed E-state index contributed by atoms with van der Waals surface area (Å²) in [4.78, 5) is 0. The van der Waals surface area contributed by atoms with Gasteiger partial charge in [-0.15, -0.1) is 6.58 Å². The zero-order valence-electron chi connectivity index (χ0n) is 15.3. The van der Waals surface area contributed by atoms with Crippen LogP contribution in [0.2, 0.25) is 0 Å². The van der Waals surface area contributed by atoms with E-state index in [0.717, 1.165) is 25.7 Å². The van der Waals surface area contributed by atoms with Crippen molar-refractivity contribution in [3.8, 4) is 0 Å². The third-order valence-electron chi connectivity index (χ3n) is 4.33. The minimum absolute atomic E-state index is 0.105. The van der Waals surface area contributed by atoms with Gasteiger partial charge in [-0.25, -0.2) is 0 Å². The van der Waals surface area contributed by atoms with E-state index in [1.54, 1.807) is 0 Å². The van der Waals surface area contributed by atoms with Gasteiger partial charge in [0.15, 0.2) is 0 Å². The molecule has 2 aromatic carbocycles. The van der Waals surface area contributed by atoms with E-state index in [9.17, 15) is 0 Å². The Hall–Kier alpha value is -1.90. The van der Waals surface area contributed by atoms with Crippen molar-refractivity contribution in [3.63, 3.8) is 0 Å². The minimum atomic E-state index is 0.105. The highest BCUT2D eigenvalue weighted by Crippen LogP contribution is 2.19. The molecule has 0 aliphatic heterocycles. The van der Waals surface area contributed by atoms with Crippen LogP contribution in [0.15, 0.2) is 73.3 Å². The van der Waals surface area contributed by atoms with Crippen molar-refractivity contribution in [1.82, 2.24) is 0 Å². The molecular formula is C23H30O2. The largest absolute Gasteiger partial charge is 0.371 e. The standard InChI is InChI=1S/C23H30O2/c1-3-5-8-17-23(25-19-21-15-11-7-12-16-21)22(4-2)24-18-20-13-9-6-10-14-20/h3,6-7,9-16,22-23H,1,4-5,8,17-19H2,2H3/t22-,23+/m0/s1. The van der Waals surface area contributed by atoms with E-state index in [-0.39, 0.29) is 12.2 Å². The van der Waals surface area contributed by atoms with Crippen molar-refractivity contribution in [2.24, 2.45) is 0 Å². The lowest BCUT2D eigenvalue weighted by molar-refractivity contribution is -0.0902. The Bertz CT molecular complexity index is 580. The first-order chi connectivity index (χ1) is 12.3. The molecule has 0 N–H and O–H groups in total. The van der Waals surface area contributed by atoms with Crippen molar-refractivity contribution in [2.45, 2.75) is 58.0 Å². The average Bonchev–Trinajstić information content (AvgIpc) is 2.67. The molecule has 0 unspecified atom stereocenters. The molecule has 2 aromatic rings. The van der Waals surface area contributed by atoms with Gasteiger partial charge in [-0.05, 0) is 36.8 Å². The first-order valence-electron chi connectivity index (χ1n) is 9.25. The lowest BCUT2D eigenvalue weighted by Crippen LogP contribution is -2.31. The van der Waals surface area contributed by atoms with Crippen molar-refractivity contribution in [1.29, 1.82) is 0 Å². The fraction of sp³-hybridized carbons (Fsp3) is 0.391. The maximum Gasteiger partial charge on any atom is 0.0841 e. The van der Waals surface area contributed by atoms with E-state index in [1.165, 1.54) is 11.1 Å². The molecule has 2 atom stereocenters. The maximum atomic E-state index is 6.26. The van der Waals surface area contributed by atoms with Crippen LogP contribution in [0.1, 0.15) is 43.7 Å². The normalized spacial score (nSPS) is 13.3. The molecule has 2 rings (SSSR count). The van der Waals surface area contributed by atoms with Gasteiger partial charge >= 0.3 is 0 Å².